The average Bonchev–Trinajstić information content (AvgIpc) is 2.02. The lowest BCUT2D eigenvalue weighted by molar-refractivity contribution is -0.0329. The van der Waals surface area contributed by atoms with E-state index >= 15 is 0 Å². The first-order chi connectivity index (χ1) is 5.97. The van der Waals surface area contributed by atoms with Gasteiger partial charge in [-0.3, -0.25) is 0 Å². The zero-order valence-corrected chi connectivity index (χ0v) is 7.32. The van der Waals surface area contributed by atoms with Crippen LogP contribution < -0.4 is 0 Å². The number of hydrogen-bond acceptors (Lipinski definition) is 2. The number of thioether (sulfide) groups is 1. The molecule has 0 amide bonds. The van der Waals surface area contributed by atoms with Crippen LogP contribution in [0.3, 0.4) is 0 Å². The van der Waals surface area contributed by atoms with Crippen LogP contribution in [0.5, 0.6) is 5.75 Å². The van der Waals surface area contributed by atoms with Gasteiger partial charge in [0.1, 0.15) is 5.75 Å². The van der Waals surface area contributed by atoms with Gasteiger partial charge in [0.2, 0.25) is 0 Å². The van der Waals surface area contributed by atoms with E-state index in [1.54, 1.807) is 0 Å². The Morgan fingerprint density at radius 1 is 1.15 bits per heavy atom. The molecule has 1 N–H and O–H groups in total. The highest BCUT2D eigenvalue weighted by atomic mass is 32.2. The molecular weight excluding hydrogens is 201 g/mol. The maximum atomic E-state index is 11.7. The van der Waals surface area contributed by atoms with E-state index in [4.69, 9.17) is 5.11 Å². The van der Waals surface area contributed by atoms with Crippen molar-refractivity contribution in [3.8, 4) is 5.75 Å². The lowest BCUT2D eigenvalue weighted by Gasteiger charge is -2.04. The van der Waals surface area contributed by atoms with E-state index in [1.807, 2.05) is 0 Å². The third kappa shape index (κ3) is 4.07. The maximum absolute atomic E-state index is 11.7. The molecule has 0 heterocycles. The lowest BCUT2D eigenvalue weighted by atomic mass is 10.2. The van der Waals surface area contributed by atoms with E-state index in [0.717, 1.165) is 0 Å². The SMILES string of the molecule is Oc1ccc(CSC(F)(F)F)cc1. The van der Waals surface area contributed by atoms with E-state index < -0.39 is 5.51 Å². The van der Waals surface area contributed by atoms with E-state index in [1.165, 1.54) is 24.3 Å². The van der Waals surface area contributed by atoms with Crippen molar-refractivity contribution >= 4 is 11.8 Å². The quantitative estimate of drug-likeness (QED) is 0.805. The van der Waals surface area contributed by atoms with Crippen molar-refractivity contribution in [1.29, 1.82) is 0 Å². The average molecular weight is 208 g/mol. The van der Waals surface area contributed by atoms with Crippen LogP contribution in [0.1, 0.15) is 5.56 Å². The molecule has 0 aromatic heterocycles. The fraction of sp³-hybridized carbons (Fsp3) is 0.250. The topological polar surface area (TPSA) is 20.2 Å². The highest BCUT2D eigenvalue weighted by molar-refractivity contribution is 7.99. The Balaban J connectivity index is 2.51. The number of alkyl halides is 3. The monoisotopic (exact) mass is 208 g/mol. The number of rotatable bonds is 2. The van der Waals surface area contributed by atoms with Crippen LogP contribution in [0, 0.1) is 0 Å². The Kier molecular flexibility index (Phi) is 3.08. The molecule has 0 aliphatic heterocycles. The van der Waals surface area contributed by atoms with E-state index in [0.29, 0.717) is 5.56 Å². The van der Waals surface area contributed by atoms with Crippen molar-refractivity contribution in [3.63, 3.8) is 0 Å². The summed E-state index contributed by atoms with van der Waals surface area (Å²) in [5, 5.41) is 8.86. The molecule has 0 saturated heterocycles. The number of phenolic OH excluding ortho intramolecular Hbond substituents is 1. The molecule has 0 spiro atoms. The summed E-state index contributed by atoms with van der Waals surface area (Å²) >= 11 is -0.0891. The smallest absolute Gasteiger partial charge is 0.442 e. The first kappa shape index (κ1) is 10.2. The first-order valence-corrected chi connectivity index (χ1v) is 4.44. The second kappa shape index (κ2) is 3.91. The Morgan fingerprint density at radius 3 is 2.15 bits per heavy atom. The number of hydrogen-bond donors (Lipinski definition) is 1. The zero-order chi connectivity index (χ0) is 9.90. The van der Waals surface area contributed by atoms with Gasteiger partial charge in [-0.15, -0.1) is 0 Å². The molecule has 0 atom stereocenters. The summed E-state index contributed by atoms with van der Waals surface area (Å²) < 4.78 is 35.2. The van der Waals surface area contributed by atoms with Crippen LogP contribution in [-0.2, 0) is 5.75 Å². The molecule has 0 unspecified atom stereocenters. The second-order valence-corrected chi connectivity index (χ2v) is 3.44. The molecule has 0 fully saturated rings. The normalized spacial score (nSPS) is 11.6. The molecule has 0 aliphatic rings. The minimum absolute atomic E-state index is 0.0563. The summed E-state index contributed by atoms with van der Waals surface area (Å²) in [6.45, 7) is 0. The van der Waals surface area contributed by atoms with Crippen LogP contribution in [-0.4, -0.2) is 10.6 Å². The molecular formula is C8H7F3OS. The van der Waals surface area contributed by atoms with Gasteiger partial charge in [0.25, 0.3) is 0 Å². The molecule has 0 aliphatic carbocycles. The minimum atomic E-state index is -4.20. The van der Waals surface area contributed by atoms with Gasteiger partial charge in [0.15, 0.2) is 0 Å². The largest absolute Gasteiger partial charge is 0.508 e. The summed E-state index contributed by atoms with van der Waals surface area (Å²) in [4.78, 5) is 0. The standard InChI is InChI=1S/C8H7F3OS/c9-8(10,11)13-5-6-1-3-7(12)4-2-6/h1-4,12H,5H2. The number of phenols is 1. The fourth-order valence-electron chi connectivity index (χ4n) is 0.757. The van der Waals surface area contributed by atoms with Crippen molar-refractivity contribution in [3.05, 3.63) is 29.8 Å². The Bertz CT molecular complexity index is 268. The Morgan fingerprint density at radius 2 is 1.69 bits per heavy atom. The van der Waals surface area contributed by atoms with Crippen LogP contribution in [0.2, 0.25) is 0 Å². The Labute approximate surface area is 77.6 Å². The molecule has 0 saturated carbocycles. The summed E-state index contributed by atoms with van der Waals surface area (Å²) in [5.74, 6) is -0.0650. The number of aromatic hydroxyl groups is 1. The summed E-state index contributed by atoms with van der Waals surface area (Å²) in [6, 6.07) is 5.67. The van der Waals surface area contributed by atoms with Crippen molar-refractivity contribution in [2.24, 2.45) is 0 Å². The van der Waals surface area contributed by atoms with Gasteiger partial charge < -0.3 is 5.11 Å². The van der Waals surface area contributed by atoms with Crippen LogP contribution in [0.4, 0.5) is 13.2 Å². The predicted octanol–water partition coefficient (Wildman–Crippen LogP) is 3.15. The van der Waals surface area contributed by atoms with Gasteiger partial charge >= 0.3 is 5.51 Å². The fourth-order valence-corrected chi connectivity index (χ4v) is 1.28. The van der Waals surface area contributed by atoms with Gasteiger partial charge in [0, 0.05) is 5.75 Å². The summed E-state index contributed by atoms with van der Waals surface area (Å²) in [7, 11) is 0. The van der Waals surface area contributed by atoms with Crippen LogP contribution >= 0.6 is 11.8 Å². The van der Waals surface area contributed by atoms with Crippen molar-refractivity contribution < 1.29 is 18.3 Å². The third-order valence-electron chi connectivity index (χ3n) is 1.34. The minimum Gasteiger partial charge on any atom is -0.508 e. The predicted molar refractivity (Wildman–Crippen MR) is 45.5 cm³/mol. The van der Waals surface area contributed by atoms with E-state index in [9.17, 15) is 13.2 Å². The maximum Gasteiger partial charge on any atom is 0.442 e. The van der Waals surface area contributed by atoms with Crippen LogP contribution in [0.25, 0.3) is 0 Å². The van der Waals surface area contributed by atoms with E-state index in [2.05, 4.69) is 0 Å². The molecule has 5 heteroatoms. The van der Waals surface area contributed by atoms with Gasteiger partial charge in [-0.05, 0) is 29.5 Å². The van der Waals surface area contributed by atoms with Gasteiger partial charge in [-0.25, -0.2) is 0 Å². The van der Waals surface area contributed by atoms with Crippen molar-refractivity contribution in [2.75, 3.05) is 0 Å². The van der Waals surface area contributed by atoms with Crippen LogP contribution in [0.15, 0.2) is 24.3 Å². The van der Waals surface area contributed by atoms with Crippen molar-refractivity contribution in [2.45, 2.75) is 11.3 Å². The zero-order valence-electron chi connectivity index (χ0n) is 6.51. The van der Waals surface area contributed by atoms with Crippen molar-refractivity contribution in [1.82, 2.24) is 0 Å². The molecule has 1 nitrogen and oxygen atoms in total. The molecule has 1 aromatic rings. The van der Waals surface area contributed by atoms with Gasteiger partial charge in [-0.2, -0.15) is 13.2 Å². The molecule has 1 aromatic carbocycles. The highest BCUT2D eigenvalue weighted by Gasteiger charge is 2.27. The number of halogens is 3. The Hall–Kier alpha value is -0.840. The molecule has 0 radical (unpaired) electrons. The molecule has 0 bridgehead atoms. The highest BCUT2D eigenvalue weighted by Crippen LogP contribution is 2.33. The van der Waals surface area contributed by atoms with Gasteiger partial charge in [0.05, 0.1) is 0 Å². The number of benzene rings is 1. The molecule has 13 heavy (non-hydrogen) atoms. The summed E-state index contributed by atoms with van der Waals surface area (Å²) in [5.41, 5.74) is -3.65. The lowest BCUT2D eigenvalue weighted by Crippen LogP contribution is -2.00. The molecule has 72 valence electrons. The third-order valence-corrected chi connectivity index (χ3v) is 2.14. The second-order valence-electron chi connectivity index (χ2n) is 2.40. The summed E-state index contributed by atoms with van der Waals surface area (Å²) in [6.07, 6.45) is 0. The molecule has 1 rings (SSSR count). The first-order valence-electron chi connectivity index (χ1n) is 3.46. The van der Waals surface area contributed by atoms with Gasteiger partial charge in [-0.1, -0.05) is 12.1 Å². The van der Waals surface area contributed by atoms with E-state index in [-0.39, 0.29) is 23.3 Å².